The highest BCUT2D eigenvalue weighted by Crippen LogP contribution is 2.27. The normalized spacial score (nSPS) is 10.9. The molecule has 0 aliphatic carbocycles. The average molecular weight is 207 g/mol. The highest BCUT2D eigenvalue weighted by molar-refractivity contribution is 7.30. The van der Waals surface area contributed by atoms with Crippen LogP contribution in [0.25, 0.3) is 0 Å². The highest BCUT2D eigenvalue weighted by Gasteiger charge is 2.07. The number of aryl methyl sites for hydroxylation is 2. The Hall–Kier alpha value is -0.820. The molecule has 0 amide bonds. The van der Waals surface area contributed by atoms with Gasteiger partial charge in [-0.15, -0.1) is 0 Å². The predicted molar refractivity (Wildman–Crippen MR) is 66.3 cm³/mol. The summed E-state index contributed by atoms with van der Waals surface area (Å²) in [6.45, 7) is 6.76. The summed E-state index contributed by atoms with van der Waals surface area (Å²) in [6.07, 6.45) is 1.16. The van der Waals surface area contributed by atoms with E-state index in [1.807, 2.05) is 0 Å². The molecule has 0 nitrogen and oxygen atoms in total. The van der Waals surface area contributed by atoms with E-state index >= 15 is 0 Å². The van der Waals surface area contributed by atoms with Gasteiger partial charge in [-0.1, -0.05) is 31.2 Å². The first-order chi connectivity index (χ1) is 6.79. The van der Waals surface area contributed by atoms with Crippen molar-refractivity contribution in [1.29, 1.82) is 0 Å². The Morgan fingerprint density at radius 2 is 1.64 bits per heavy atom. The molecule has 0 bridgehead atoms. The fourth-order valence-corrected chi connectivity index (χ4v) is 3.63. The van der Waals surface area contributed by atoms with Gasteiger partial charge in [0, 0.05) is 13.3 Å². The second-order valence-corrected chi connectivity index (χ2v) is 5.74. The van der Waals surface area contributed by atoms with Crippen molar-refractivity contribution in [3.8, 4) is 0 Å². The second kappa shape index (κ2) is 5.82. The van der Waals surface area contributed by atoms with Crippen molar-refractivity contribution in [2.75, 3.05) is 0 Å². The Bertz CT molecular complexity index is 335. The molecule has 1 heteroatoms. The molecule has 0 spiro atoms. The second-order valence-electron chi connectivity index (χ2n) is 3.21. The van der Waals surface area contributed by atoms with Crippen molar-refractivity contribution in [3.63, 3.8) is 0 Å². The van der Waals surface area contributed by atoms with Crippen LogP contribution in [0.1, 0.15) is 23.6 Å². The fourth-order valence-electron chi connectivity index (χ4n) is 1.56. The van der Waals surface area contributed by atoms with Crippen molar-refractivity contribution < 1.29 is 0 Å². The molecule has 1 aromatic rings. The maximum absolute atomic E-state index is 2.28. The molecule has 0 aromatic carbocycles. The Labute approximate surface area is 89.9 Å². The monoisotopic (exact) mass is 207 g/mol. The van der Waals surface area contributed by atoms with Crippen LogP contribution in [0.5, 0.6) is 0 Å². The van der Waals surface area contributed by atoms with Crippen LogP contribution in [0.4, 0.5) is 0 Å². The molecule has 1 aromatic heterocycles. The maximum atomic E-state index is 2.28. The third-order valence-electron chi connectivity index (χ3n) is 2.29. The lowest BCUT2D eigenvalue weighted by atomic mass is 10.4. The van der Waals surface area contributed by atoms with Gasteiger partial charge in [0.25, 0.3) is 0 Å². The van der Waals surface area contributed by atoms with E-state index in [0.29, 0.717) is 10.5 Å². The maximum Gasteiger partial charge on any atom is 0.150 e. The molecule has 76 valence electrons. The molecule has 1 unspecified atom stereocenters. The fraction of sp³-hybridized carbons (Fsp3) is 0.385. The Kier molecular flexibility index (Phi) is 4.68. The molecule has 14 heavy (non-hydrogen) atoms. The Balaban J connectivity index is 3.43. The Morgan fingerprint density at radius 1 is 1.00 bits per heavy atom. The zero-order valence-corrected chi connectivity index (χ0v) is 10.1. The van der Waals surface area contributed by atoms with Gasteiger partial charge in [-0.05, 0) is 29.5 Å². The molecule has 1 atom stereocenters. The first-order valence-corrected chi connectivity index (χ1v) is 6.60. The van der Waals surface area contributed by atoms with Crippen molar-refractivity contribution in [1.82, 2.24) is 0 Å². The van der Waals surface area contributed by atoms with Crippen molar-refractivity contribution in [2.45, 2.75) is 32.9 Å². The minimum Gasteiger partial charge on any atom is -0.0621 e. The van der Waals surface area contributed by atoms with Crippen molar-refractivity contribution in [2.24, 2.45) is 0 Å². The van der Waals surface area contributed by atoms with Crippen LogP contribution in [-0.2, 0) is 12.2 Å². The standard InChI is InChI=1S/C13H19S/c1-4-13-11-9-7-6-8-10-12(3)14(13)5-2/h6-11H,4-5H2,1-3H3/q+1. The number of hydrogen-bond acceptors (Lipinski definition) is 0. The summed E-state index contributed by atoms with van der Waals surface area (Å²) in [6, 6.07) is 13.0. The van der Waals surface area contributed by atoms with Crippen LogP contribution in [0.3, 0.4) is 0 Å². The molecule has 0 aliphatic rings. The summed E-state index contributed by atoms with van der Waals surface area (Å²) in [5.74, 6) is 1.23. The van der Waals surface area contributed by atoms with E-state index in [1.54, 1.807) is 4.88 Å². The molecule has 1 heterocycles. The van der Waals surface area contributed by atoms with E-state index < -0.39 is 0 Å². The van der Waals surface area contributed by atoms with E-state index in [4.69, 9.17) is 0 Å². The molecule has 0 aliphatic heterocycles. The Morgan fingerprint density at radius 3 is 2.21 bits per heavy atom. The van der Waals surface area contributed by atoms with Crippen LogP contribution in [0.15, 0.2) is 36.4 Å². The minimum absolute atomic E-state index is 0.346. The minimum atomic E-state index is 0.346. The molecule has 0 radical (unpaired) electrons. The largest absolute Gasteiger partial charge is 0.150 e. The first-order valence-electron chi connectivity index (χ1n) is 5.21. The quantitative estimate of drug-likeness (QED) is 0.628. The third-order valence-corrected chi connectivity index (χ3v) is 4.84. The first kappa shape index (κ1) is 11.3. The van der Waals surface area contributed by atoms with Gasteiger partial charge in [-0.2, -0.15) is 0 Å². The highest BCUT2D eigenvalue weighted by atomic mass is 32.2. The van der Waals surface area contributed by atoms with Gasteiger partial charge in [0.1, 0.15) is 15.5 Å². The van der Waals surface area contributed by atoms with Crippen LogP contribution in [-0.4, -0.2) is 0 Å². The van der Waals surface area contributed by atoms with E-state index in [9.17, 15) is 0 Å². The molecular weight excluding hydrogens is 188 g/mol. The summed E-state index contributed by atoms with van der Waals surface area (Å²) < 4.78 is 0. The summed E-state index contributed by atoms with van der Waals surface area (Å²) >= 11 is 0. The summed E-state index contributed by atoms with van der Waals surface area (Å²) in [7, 11) is 0.346. The van der Waals surface area contributed by atoms with Gasteiger partial charge >= 0.3 is 0 Å². The van der Waals surface area contributed by atoms with Crippen LogP contribution in [0, 0.1) is 6.92 Å². The van der Waals surface area contributed by atoms with Gasteiger partial charge in [0.2, 0.25) is 0 Å². The summed E-state index contributed by atoms with van der Waals surface area (Å²) in [4.78, 5) is 3.07. The van der Waals surface area contributed by atoms with E-state index in [2.05, 4.69) is 57.2 Å². The summed E-state index contributed by atoms with van der Waals surface area (Å²) in [5.41, 5.74) is 0. The SMILES string of the molecule is CCc1ccccccc(C)[s+]1CC. The lowest BCUT2D eigenvalue weighted by Gasteiger charge is -1.94. The third kappa shape index (κ3) is 2.85. The van der Waals surface area contributed by atoms with Gasteiger partial charge < -0.3 is 0 Å². The van der Waals surface area contributed by atoms with Crippen molar-refractivity contribution in [3.05, 3.63) is 46.2 Å². The lowest BCUT2D eigenvalue weighted by Crippen LogP contribution is -1.80. The topological polar surface area (TPSA) is 0 Å². The molecule has 1 rings (SSSR count). The molecule has 0 N–H and O–H groups in total. The van der Waals surface area contributed by atoms with Crippen LogP contribution < -0.4 is 0 Å². The van der Waals surface area contributed by atoms with Gasteiger partial charge in [-0.25, -0.2) is 0 Å². The van der Waals surface area contributed by atoms with Crippen molar-refractivity contribution >= 4 is 10.5 Å². The number of hydrogen-bond donors (Lipinski definition) is 0. The van der Waals surface area contributed by atoms with Gasteiger partial charge in [0.15, 0.2) is 0 Å². The molecule has 0 fully saturated rings. The smallest absolute Gasteiger partial charge is 0.0621 e. The summed E-state index contributed by atoms with van der Waals surface area (Å²) in [5, 5.41) is 0. The van der Waals surface area contributed by atoms with Gasteiger partial charge in [-0.3, -0.25) is 0 Å². The molecule has 0 saturated heterocycles. The zero-order valence-electron chi connectivity index (χ0n) is 9.29. The van der Waals surface area contributed by atoms with E-state index in [-0.39, 0.29) is 0 Å². The molecule has 0 saturated carbocycles. The zero-order chi connectivity index (χ0) is 10.4. The predicted octanol–water partition coefficient (Wildman–Crippen LogP) is 4.45. The van der Waals surface area contributed by atoms with Crippen LogP contribution in [0.2, 0.25) is 0 Å². The van der Waals surface area contributed by atoms with Gasteiger partial charge in [0.05, 0.1) is 0 Å². The van der Waals surface area contributed by atoms with E-state index in [1.165, 1.54) is 10.6 Å². The lowest BCUT2D eigenvalue weighted by molar-refractivity contribution is 1.17. The van der Waals surface area contributed by atoms with Crippen LogP contribution >= 0.6 is 10.5 Å². The van der Waals surface area contributed by atoms with E-state index in [0.717, 1.165) is 6.42 Å². The number of rotatable bonds is 2. The molecular formula is C13H19S+. The average Bonchev–Trinajstić information content (AvgIpc) is 2.28.